The van der Waals surface area contributed by atoms with Gasteiger partial charge in [-0.05, 0) is 42.3 Å². The second kappa shape index (κ2) is 22.3. The number of aliphatic hydroxyl groups excluding tert-OH is 1. The van der Waals surface area contributed by atoms with Gasteiger partial charge in [0, 0.05) is 13.0 Å². The molecule has 0 spiro atoms. The minimum Gasteiger partial charge on any atom is -0.390 e. The van der Waals surface area contributed by atoms with Gasteiger partial charge in [0.05, 0.1) is 49.9 Å². The number of nitrogen functional groups attached to an aromatic ring is 1. The van der Waals surface area contributed by atoms with Crippen LogP contribution < -0.4 is 5.73 Å². The number of rotatable bonds is 26. The Balaban J connectivity index is 1.19. The van der Waals surface area contributed by atoms with Crippen LogP contribution >= 0.6 is 7.82 Å². The third-order valence-corrected chi connectivity index (χ3v) is 10.1. The first kappa shape index (κ1) is 41.8. The monoisotopic (exact) mass is 747 g/mol. The number of hydrogen-bond acceptors (Lipinski definition) is 11. The van der Waals surface area contributed by atoms with Crippen molar-refractivity contribution in [3.63, 3.8) is 0 Å². The van der Waals surface area contributed by atoms with Crippen molar-refractivity contribution in [2.75, 3.05) is 32.2 Å². The smallest absolute Gasteiger partial charge is 0.390 e. The molecule has 1 aromatic carbocycles. The van der Waals surface area contributed by atoms with Gasteiger partial charge in [0.15, 0.2) is 5.82 Å². The lowest BCUT2D eigenvalue weighted by Crippen LogP contribution is -2.27. The molecule has 4 rings (SSSR count). The van der Waals surface area contributed by atoms with E-state index in [9.17, 15) is 24.2 Å². The fraction of sp³-hybridized carbons (Fsp3) is 0.649. The molecule has 3 aromatic rings. The molecule has 5 unspecified atom stereocenters. The summed E-state index contributed by atoms with van der Waals surface area (Å²) in [6.07, 6.45) is 14.4. The van der Waals surface area contributed by atoms with Crippen LogP contribution in [0.1, 0.15) is 120 Å². The average molecular weight is 748 g/mol. The highest BCUT2D eigenvalue weighted by atomic mass is 31.2. The van der Waals surface area contributed by atoms with E-state index in [-0.39, 0.29) is 31.8 Å². The van der Waals surface area contributed by atoms with Gasteiger partial charge in [0.1, 0.15) is 36.0 Å². The molecule has 1 fully saturated rings. The Kier molecular flexibility index (Phi) is 17.9. The SMILES string of the molecule is CCCCCCCCCCCCCCCOCC(COP(=O)(O)OCC1OC(c2ccc3c(N)ncnn23)CC1O)OCc1cc(F)cc(C#N)c1. The van der Waals surface area contributed by atoms with Gasteiger partial charge < -0.3 is 29.9 Å². The summed E-state index contributed by atoms with van der Waals surface area (Å²) in [6, 6.07) is 9.32. The van der Waals surface area contributed by atoms with E-state index in [0.717, 1.165) is 25.3 Å². The van der Waals surface area contributed by atoms with E-state index < -0.39 is 44.7 Å². The summed E-state index contributed by atoms with van der Waals surface area (Å²) in [6.45, 7) is 1.94. The van der Waals surface area contributed by atoms with Crippen molar-refractivity contribution in [3.05, 3.63) is 59.3 Å². The molecule has 1 aliphatic heterocycles. The van der Waals surface area contributed by atoms with Crippen molar-refractivity contribution < 1.29 is 42.2 Å². The number of nitrogens with zero attached hydrogens (tertiary/aromatic N) is 4. The number of phosphoric acid groups is 1. The normalized spacial score (nSPS) is 19.2. The molecule has 52 heavy (non-hydrogen) atoms. The van der Waals surface area contributed by atoms with Crippen LogP contribution in [0.2, 0.25) is 0 Å². The van der Waals surface area contributed by atoms with Crippen LogP contribution in [0.4, 0.5) is 10.2 Å². The van der Waals surface area contributed by atoms with Crippen LogP contribution in [-0.4, -0.2) is 69.3 Å². The van der Waals surface area contributed by atoms with Crippen molar-refractivity contribution in [1.82, 2.24) is 14.6 Å². The summed E-state index contributed by atoms with van der Waals surface area (Å²) in [7, 11) is -4.61. The minimum atomic E-state index is -4.61. The highest BCUT2D eigenvalue weighted by Crippen LogP contribution is 2.45. The molecule has 5 atom stereocenters. The average Bonchev–Trinajstić information content (AvgIpc) is 3.73. The maximum atomic E-state index is 14.0. The Morgan fingerprint density at radius 1 is 1.04 bits per heavy atom. The third-order valence-electron chi connectivity index (χ3n) is 9.16. The first-order chi connectivity index (χ1) is 25.2. The fourth-order valence-electron chi connectivity index (χ4n) is 6.26. The molecule has 3 heterocycles. The van der Waals surface area contributed by atoms with E-state index >= 15 is 0 Å². The van der Waals surface area contributed by atoms with Crippen LogP contribution in [0.3, 0.4) is 0 Å². The zero-order valence-electron chi connectivity index (χ0n) is 30.2. The highest BCUT2D eigenvalue weighted by molar-refractivity contribution is 7.47. The number of phosphoric ester groups is 1. The number of hydrogen-bond donors (Lipinski definition) is 3. The summed E-state index contributed by atoms with van der Waals surface area (Å²) < 4.78 is 56.6. The largest absolute Gasteiger partial charge is 0.472 e. The van der Waals surface area contributed by atoms with E-state index in [1.54, 1.807) is 16.6 Å². The lowest BCUT2D eigenvalue weighted by Gasteiger charge is -2.21. The number of ether oxygens (including phenoxy) is 3. The van der Waals surface area contributed by atoms with E-state index in [0.29, 0.717) is 29.2 Å². The highest BCUT2D eigenvalue weighted by Gasteiger charge is 2.38. The van der Waals surface area contributed by atoms with Gasteiger partial charge in [-0.2, -0.15) is 10.4 Å². The summed E-state index contributed by atoms with van der Waals surface area (Å²) in [5.41, 5.74) is 7.74. The van der Waals surface area contributed by atoms with Crippen LogP contribution in [-0.2, 0) is 34.4 Å². The zero-order chi connectivity index (χ0) is 37.2. The van der Waals surface area contributed by atoms with E-state index in [4.69, 9.17) is 29.0 Å². The Morgan fingerprint density at radius 2 is 1.73 bits per heavy atom. The number of aliphatic hydroxyl groups is 1. The number of unbranched alkanes of at least 4 members (excludes halogenated alkanes) is 12. The summed E-state index contributed by atoms with van der Waals surface area (Å²) in [5.74, 6) is -0.272. The van der Waals surface area contributed by atoms with Crippen LogP contribution in [0.5, 0.6) is 0 Å². The molecular formula is C37H55FN5O8P. The van der Waals surface area contributed by atoms with E-state index in [1.165, 1.54) is 82.7 Å². The Hall–Kier alpha value is -2.99. The first-order valence-electron chi connectivity index (χ1n) is 18.6. The van der Waals surface area contributed by atoms with Gasteiger partial charge in [-0.25, -0.2) is 18.5 Å². The van der Waals surface area contributed by atoms with Crippen molar-refractivity contribution in [3.8, 4) is 6.07 Å². The maximum absolute atomic E-state index is 14.0. The molecule has 0 bridgehead atoms. The zero-order valence-corrected chi connectivity index (χ0v) is 31.1. The number of nitriles is 1. The quantitative estimate of drug-likeness (QED) is 0.0549. The molecule has 0 saturated carbocycles. The van der Waals surface area contributed by atoms with Crippen molar-refractivity contribution in [1.29, 1.82) is 5.26 Å². The second-order valence-electron chi connectivity index (χ2n) is 13.4. The number of halogens is 1. The number of fused-ring (bicyclic) bond motifs is 1. The van der Waals surface area contributed by atoms with E-state index in [2.05, 4.69) is 17.0 Å². The Bertz CT molecular complexity index is 1590. The molecule has 1 saturated heterocycles. The number of benzene rings is 1. The molecule has 15 heteroatoms. The van der Waals surface area contributed by atoms with Crippen LogP contribution in [0, 0.1) is 17.1 Å². The molecule has 1 aliphatic rings. The summed E-state index contributed by atoms with van der Waals surface area (Å²) in [4.78, 5) is 14.5. The number of aromatic nitrogens is 3. The third kappa shape index (κ3) is 14.1. The predicted octanol–water partition coefficient (Wildman–Crippen LogP) is 7.34. The number of nitrogens with two attached hydrogens (primary N) is 1. The van der Waals surface area contributed by atoms with Gasteiger partial charge in [-0.1, -0.05) is 84.0 Å². The van der Waals surface area contributed by atoms with Gasteiger partial charge in [0.2, 0.25) is 0 Å². The fourth-order valence-corrected chi connectivity index (χ4v) is 7.03. The van der Waals surface area contributed by atoms with Crippen LogP contribution in [0.15, 0.2) is 36.7 Å². The molecule has 4 N–H and O–H groups in total. The topological polar surface area (TPSA) is 184 Å². The summed E-state index contributed by atoms with van der Waals surface area (Å²) >= 11 is 0. The van der Waals surface area contributed by atoms with Gasteiger partial charge in [-0.3, -0.25) is 9.05 Å². The van der Waals surface area contributed by atoms with E-state index in [1.807, 2.05) is 6.07 Å². The maximum Gasteiger partial charge on any atom is 0.472 e. The lowest BCUT2D eigenvalue weighted by atomic mass is 10.0. The minimum absolute atomic E-state index is 0.0597. The molecule has 0 aliphatic carbocycles. The second-order valence-corrected chi connectivity index (χ2v) is 14.9. The molecule has 2 aromatic heterocycles. The Morgan fingerprint density at radius 3 is 2.42 bits per heavy atom. The van der Waals surface area contributed by atoms with Crippen LogP contribution in [0.25, 0.3) is 5.52 Å². The molecule has 0 radical (unpaired) electrons. The molecule has 288 valence electrons. The van der Waals surface area contributed by atoms with Gasteiger partial charge in [0.25, 0.3) is 0 Å². The molecule has 13 nitrogen and oxygen atoms in total. The van der Waals surface area contributed by atoms with Crippen molar-refractivity contribution in [2.24, 2.45) is 0 Å². The van der Waals surface area contributed by atoms with Crippen molar-refractivity contribution >= 4 is 19.2 Å². The molecular weight excluding hydrogens is 692 g/mol. The lowest BCUT2D eigenvalue weighted by molar-refractivity contribution is -0.0556. The van der Waals surface area contributed by atoms with Crippen molar-refractivity contribution in [2.45, 2.75) is 128 Å². The van der Waals surface area contributed by atoms with Gasteiger partial charge in [-0.15, -0.1) is 0 Å². The molecule has 0 amide bonds. The van der Waals surface area contributed by atoms with Gasteiger partial charge >= 0.3 is 7.82 Å². The summed E-state index contributed by atoms with van der Waals surface area (Å²) in [5, 5.41) is 24.0. The standard InChI is InChI=1S/C37H55FN5O8P/c1-2-3-4-5-6-7-8-9-10-11-12-13-14-17-47-24-31(48-23-29-18-28(22-39)19-30(38)20-29)25-49-52(45,46)50-26-36-34(44)21-35(51-36)32-15-16-33-37(40)41-27-42-43(32)33/h15-16,18-20,27,31,34-36,44H,2-14,17,21,23-26H2,1H3,(H,45,46)(H2,40,41,42). The number of anilines is 1. The first-order valence-corrected chi connectivity index (χ1v) is 20.1. The predicted molar refractivity (Wildman–Crippen MR) is 194 cm³/mol. The Labute approximate surface area is 306 Å².